The lowest BCUT2D eigenvalue weighted by atomic mass is 10.2. The standard InChI is InChI=1S/C24H25N5OS/c30-23(16-21-18-29-14-15-31-24(29)26-21)25-20-6-8-22(9-7-20)28-12-10-27(11-13-28)17-19-4-2-1-3-5-19/h1-9,14-15,18H,10-13,16-17H2,(H,25,30). The molecular formula is C24H25N5OS. The van der Waals surface area contributed by atoms with Crippen molar-refractivity contribution in [1.82, 2.24) is 14.3 Å². The van der Waals surface area contributed by atoms with Crippen molar-refractivity contribution < 1.29 is 4.79 Å². The molecule has 158 valence electrons. The van der Waals surface area contributed by atoms with Crippen molar-refractivity contribution in [3.8, 4) is 0 Å². The molecule has 0 spiro atoms. The lowest BCUT2D eigenvalue weighted by molar-refractivity contribution is -0.115. The third-order valence-corrected chi connectivity index (χ3v) is 6.39. The molecule has 3 heterocycles. The van der Waals surface area contributed by atoms with E-state index in [2.05, 4.69) is 62.6 Å². The minimum atomic E-state index is -0.0481. The van der Waals surface area contributed by atoms with Gasteiger partial charge >= 0.3 is 0 Å². The van der Waals surface area contributed by atoms with E-state index >= 15 is 0 Å². The fraction of sp³-hybridized carbons (Fsp3) is 0.250. The van der Waals surface area contributed by atoms with Crippen LogP contribution in [0.3, 0.4) is 0 Å². The summed E-state index contributed by atoms with van der Waals surface area (Å²) in [4.78, 5) is 22.7. The molecule has 0 bridgehead atoms. The summed E-state index contributed by atoms with van der Waals surface area (Å²) in [5.41, 5.74) is 4.17. The van der Waals surface area contributed by atoms with Crippen molar-refractivity contribution in [2.75, 3.05) is 36.4 Å². The molecule has 31 heavy (non-hydrogen) atoms. The van der Waals surface area contributed by atoms with Gasteiger partial charge in [-0.1, -0.05) is 30.3 Å². The number of hydrogen-bond acceptors (Lipinski definition) is 5. The Hall–Kier alpha value is -3.16. The molecule has 0 saturated carbocycles. The molecule has 7 heteroatoms. The van der Waals surface area contributed by atoms with Crippen LogP contribution in [0.25, 0.3) is 4.96 Å². The Morgan fingerprint density at radius 1 is 1.00 bits per heavy atom. The number of nitrogens with one attached hydrogen (secondary N) is 1. The van der Waals surface area contributed by atoms with Crippen molar-refractivity contribution in [2.45, 2.75) is 13.0 Å². The fourth-order valence-electron chi connectivity index (χ4n) is 3.99. The number of rotatable bonds is 6. The van der Waals surface area contributed by atoms with Crippen molar-refractivity contribution in [1.29, 1.82) is 0 Å². The molecule has 6 nitrogen and oxygen atoms in total. The number of fused-ring (bicyclic) bond motifs is 1. The smallest absolute Gasteiger partial charge is 0.230 e. The first-order valence-electron chi connectivity index (χ1n) is 10.6. The number of nitrogens with zero attached hydrogens (tertiary/aromatic N) is 4. The van der Waals surface area contributed by atoms with Gasteiger partial charge in [-0.25, -0.2) is 4.98 Å². The predicted octanol–water partition coefficient (Wildman–Crippen LogP) is 3.90. The zero-order valence-corrected chi connectivity index (χ0v) is 18.1. The maximum absolute atomic E-state index is 12.4. The largest absolute Gasteiger partial charge is 0.369 e. The van der Waals surface area contributed by atoms with Gasteiger partial charge in [0.2, 0.25) is 5.91 Å². The molecule has 0 unspecified atom stereocenters. The van der Waals surface area contributed by atoms with Crippen molar-refractivity contribution in [3.63, 3.8) is 0 Å². The number of hydrogen-bond donors (Lipinski definition) is 1. The van der Waals surface area contributed by atoms with Gasteiger partial charge in [0.25, 0.3) is 0 Å². The maximum atomic E-state index is 12.4. The highest BCUT2D eigenvalue weighted by molar-refractivity contribution is 7.15. The first-order chi connectivity index (χ1) is 15.2. The number of carbonyl (C=O) groups is 1. The molecule has 4 aromatic rings. The topological polar surface area (TPSA) is 52.9 Å². The summed E-state index contributed by atoms with van der Waals surface area (Å²) in [7, 11) is 0. The van der Waals surface area contributed by atoms with E-state index in [0.29, 0.717) is 0 Å². The summed E-state index contributed by atoms with van der Waals surface area (Å²) in [5.74, 6) is -0.0481. The Labute approximate surface area is 185 Å². The highest BCUT2D eigenvalue weighted by atomic mass is 32.1. The van der Waals surface area contributed by atoms with Gasteiger partial charge in [0.05, 0.1) is 12.1 Å². The van der Waals surface area contributed by atoms with Gasteiger partial charge in [0.1, 0.15) is 0 Å². The minimum Gasteiger partial charge on any atom is -0.369 e. The van der Waals surface area contributed by atoms with Crippen LogP contribution in [0.4, 0.5) is 11.4 Å². The van der Waals surface area contributed by atoms with Crippen LogP contribution in [0.2, 0.25) is 0 Å². The number of imidazole rings is 1. The first-order valence-corrected chi connectivity index (χ1v) is 11.4. The fourth-order valence-corrected chi connectivity index (χ4v) is 4.71. The van der Waals surface area contributed by atoms with E-state index in [-0.39, 0.29) is 12.3 Å². The summed E-state index contributed by atoms with van der Waals surface area (Å²) in [5, 5.41) is 4.96. The van der Waals surface area contributed by atoms with Crippen LogP contribution in [0.15, 0.2) is 72.4 Å². The number of piperazine rings is 1. The van der Waals surface area contributed by atoms with Gasteiger partial charge in [-0.15, -0.1) is 11.3 Å². The Morgan fingerprint density at radius 2 is 1.77 bits per heavy atom. The second-order valence-electron chi connectivity index (χ2n) is 7.85. The molecule has 0 atom stereocenters. The van der Waals surface area contributed by atoms with Crippen molar-refractivity contribution in [2.24, 2.45) is 0 Å². The predicted molar refractivity (Wildman–Crippen MR) is 126 cm³/mol. The molecule has 1 fully saturated rings. The lowest BCUT2D eigenvalue weighted by Crippen LogP contribution is -2.45. The molecule has 1 saturated heterocycles. The summed E-state index contributed by atoms with van der Waals surface area (Å²) >= 11 is 1.57. The van der Waals surface area contributed by atoms with Crippen LogP contribution in [0.1, 0.15) is 11.3 Å². The van der Waals surface area contributed by atoms with Crippen LogP contribution in [0.5, 0.6) is 0 Å². The number of carbonyl (C=O) groups excluding carboxylic acids is 1. The summed E-state index contributed by atoms with van der Waals surface area (Å²) in [6.07, 6.45) is 4.14. The number of amides is 1. The van der Waals surface area contributed by atoms with E-state index < -0.39 is 0 Å². The highest BCUT2D eigenvalue weighted by Gasteiger charge is 2.17. The van der Waals surface area contributed by atoms with Gasteiger partial charge in [-0.05, 0) is 29.8 Å². The first kappa shape index (κ1) is 19.8. The molecule has 5 rings (SSSR count). The van der Waals surface area contributed by atoms with E-state index in [4.69, 9.17) is 0 Å². The highest BCUT2D eigenvalue weighted by Crippen LogP contribution is 2.20. The van der Waals surface area contributed by atoms with Gasteiger partial charge in [-0.3, -0.25) is 14.1 Å². The average Bonchev–Trinajstić information content (AvgIpc) is 3.37. The third kappa shape index (κ3) is 4.78. The van der Waals surface area contributed by atoms with Crippen LogP contribution >= 0.6 is 11.3 Å². The summed E-state index contributed by atoms with van der Waals surface area (Å²) in [6.45, 7) is 5.13. The van der Waals surface area contributed by atoms with Gasteiger partial charge in [0.15, 0.2) is 4.96 Å². The summed E-state index contributed by atoms with van der Waals surface area (Å²) < 4.78 is 1.95. The number of benzene rings is 2. The molecule has 2 aromatic carbocycles. The Kier molecular flexibility index (Phi) is 5.69. The molecule has 0 aliphatic carbocycles. The second-order valence-corrected chi connectivity index (χ2v) is 8.72. The lowest BCUT2D eigenvalue weighted by Gasteiger charge is -2.36. The number of thiazole rings is 1. The summed E-state index contributed by atoms with van der Waals surface area (Å²) in [6, 6.07) is 18.8. The normalized spacial score (nSPS) is 14.8. The monoisotopic (exact) mass is 431 g/mol. The molecular weight excluding hydrogens is 406 g/mol. The number of aromatic nitrogens is 2. The van der Waals surface area contributed by atoms with E-state index in [1.54, 1.807) is 11.3 Å². The van der Waals surface area contributed by atoms with Crippen molar-refractivity contribution in [3.05, 3.63) is 83.6 Å². The van der Waals surface area contributed by atoms with Crippen molar-refractivity contribution >= 4 is 33.6 Å². The van der Waals surface area contributed by atoms with Gasteiger partial charge in [0, 0.05) is 61.9 Å². The maximum Gasteiger partial charge on any atom is 0.230 e. The average molecular weight is 432 g/mol. The Morgan fingerprint density at radius 3 is 2.52 bits per heavy atom. The zero-order chi connectivity index (χ0) is 21.0. The van der Waals surface area contributed by atoms with E-state index in [0.717, 1.165) is 49.1 Å². The van der Waals surface area contributed by atoms with Crippen LogP contribution in [-0.2, 0) is 17.8 Å². The molecule has 1 aliphatic rings. The second kappa shape index (κ2) is 8.91. The zero-order valence-electron chi connectivity index (χ0n) is 17.3. The third-order valence-electron chi connectivity index (χ3n) is 5.62. The molecule has 2 aromatic heterocycles. The van der Waals surface area contributed by atoms with Crippen LogP contribution in [0, 0.1) is 0 Å². The molecule has 1 amide bonds. The van der Waals surface area contributed by atoms with E-state index in [1.165, 1.54) is 11.3 Å². The quantitative estimate of drug-likeness (QED) is 0.503. The Bertz CT molecular complexity index is 1120. The number of anilines is 2. The van der Waals surface area contributed by atoms with Crippen LogP contribution < -0.4 is 10.2 Å². The minimum absolute atomic E-state index is 0.0481. The molecule has 1 aliphatic heterocycles. The van der Waals surface area contributed by atoms with E-state index in [1.807, 2.05) is 34.3 Å². The van der Waals surface area contributed by atoms with Gasteiger partial charge in [-0.2, -0.15) is 0 Å². The molecule has 1 N–H and O–H groups in total. The van der Waals surface area contributed by atoms with Gasteiger partial charge < -0.3 is 10.2 Å². The SMILES string of the molecule is O=C(Cc1cn2ccsc2n1)Nc1ccc(N2CCN(Cc3ccccc3)CC2)cc1. The van der Waals surface area contributed by atoms with Crippen LogP contribution in [-0.4, -0.2) is 46.4 Å². The molecule has 0 radical (unpaired) electrons. The van der Waals surface area contributed by atoms with E-state index in [9.17, 15) is 4.79 Å². The Balaban J connectivity index is 1.12.